The summed E-state index contributed by atoms with van der Waals surface area (Å²) >= 11 is 0. The summed E-state index contributed by atoms with van der Waals surface area (Å²) in [6.45, 7) is 3.16. The molecule has 134 valence electrons. The van der Waals surface area contributed by atoms with Crippen LogP contribution in [-0.2, 0) is 6.54 Å². The fraction of sp³-hybridized carbons (Fsp3) is 0.316. The van der Waals surface area contributed by atoms with Gasteiger partial charge in [0.2, 0.25) is 0 Å². The first kappa shape index (κ1) is 18.4. The molecular weight excluding hydrogens is 318 g/mol. The number of hydrogen-bond acceptors (Lipinski definition) is 4. The van der Waals surface area contributed by atoms with Crippen LogP contribution in [-0.4, -0.2) is 33.8 Å². The van der Waals surface area contributed by atoms with Crippen molar-refractivity contribution in [2.24, 2.45) is 4.99 Å². The first-order valence-corrected chi connectivity index (χ1v) is 8.11. The van der Waals surface area contributed by atoms with Gasteiger partial charge in [-0.2, -0.15) is 0 Å². The first-order chi connectivity index (χ1) is 12.2. The summed E-state index contributed by atoms with van der Waals surface area (Å²) in [4.78, 5) is 4.25. The summed E-state index contributed by atoms with van der Waals surface area (Å²) in [7, 11) is 5.01. The zero-order chi connectivity index (χ0) is 18.1. The number of nitrogens with zero attached hydrogens (tertiary/aromatic N) is 1. The number of rotatable bonds is 7. The van der Waals surface area contributed by atoms with E-state index in [2.05, 4.69) is 15.6 Å². The summed E-state index contributed by atoms with van der Waals surface area (Å²) in [5.41, 5.74) is 2.00. The van der Waals surface area contributed by atoms with Gasteiger partial charge in [-0.15, -0.1) is 0 Å². The van der Waals surface area contributed by atoms with Crippen molar-refractivity contribution in [1.29, 1.82) is 0 Å². The number of nitrogens with one attached hydrogen (secondary N) is 2. The van der Waals surface area contributed by atoms with Gasteiger partial charge in [-0.1, -0.05) is 12.1 Å². The van der Waals surface area contributed by atoms with Crippen molar-refractivity contribution < 1.29 is 14.2 Å². The minimum Gasteiger partial charge on any atom is -0.497 e. The van der Waals surface area contributed by atoms with Crippen molar-refractivity contribution in [3.8, 4) is 17.2 Å². The third-order valence-electron chi connectivity index (χ3n) is 3.57. The van der Waals surface area contributed by atoms with Gasteiger partial charge in [0.1, 0.15) is 5.75 Å². The van der Waals surface area contributed by atoms with Gasteiger partial charge in [0.25, 0.3) is 0 Å². The zero-order valence-corrected chi connectivity index (χ0v) is 15.1. The average molecular weight is 343 g/mol. The van der Waals surface area contributed by atoms with E-state index in [1.165, 1.54) is 0 Å². The van der Waals surface area contributed by atoms with Crippen LogP contribution in [0.1, 0.15) is 12.5 Å². The van der Waals surface area contributed by atoms with E-state index in [1.807, 2.05) is 49.4 Å². The van der Waals surface area contributed by atoms with E-state index in [-0.39, 0.29) is 0 Å². The standard InChI is InChI=1S/C19H25N3O3/c1-5-25-18-12-15(8-11-17(18)24-4)22-19(20-2)21-13-14-6-9-16(23-3)10-7-14/h6-12H,5,13H2,1-4H3,(H2,20,21,22). The average Bonchev–Trinajstić information content (AvgIpc) is 2.66. The van der Waals surface area contributed by atoms with Crippen LogP contribution < -0.4 is 24.8 Å². The third-order valence-corrected chi connectivity index (χ3v) is 3.57. The minimum absolute atomic E-state index is 0.574. The van der Waals surface area contributed by atoms with E-state index in [1.54, 1.807) is 21.3 Å². The molecule has 0 aliphatic rings. The van der Waals surface area contributed by atoms with Crippen LogP contribution in [0.15, 0.2) is 47.5 Å². The Morgan fingerprint density at radius 1 is 1.00 bits per heavy atom. The number of hydrogen-bond donors (Lipinski definition) is 2. The van der Waals surface area contributed by atoms with Crippen molar-refractivity contribution in [1.82, 2.24) is 5.32 Å². The van der Waals surface area contributed by atoms with Gasteiger partial charge in [-0.25, -0.2) is 0 Å². The topological polar surface area (TPSA) is 64.1 Å². The maximum Gasteiger partial charge on any atom is 0.195 e. The fourth-order valence-electron chi connectivity index (χ4n) is 2.27. The molecule has 6 heteroatoms. The van der Waals surface area contributed by atoms with E-state index in [0.717, 1.165) is 17.0 Å². The molecular formula is C19H25N3O3. The second-order valence-electron chi connectivity index (χ2n) is 5.20. The Morgan fingerprint density at radius 2 is 1.76 bits per heavy atom. The molecule has 0 spiro atoms. The summed E-state index contributed by atoms with van der Waals surface area (Å²) < 4.78 is 16.1. The van der Waals surface area contributed by atoms with Crippen molar-refractivity contribution in [2.45, 2.75) is 13.5 Å². The van der Waals surface area contributed by atoms with Gasteiger partial charge in [0.15, 0.2) is 17.5 Å². The Hall–Kier alpha value is -2.89. The molecule has 0 atom stereocenters. The minimum atomic E-state index is 0.574. The summed E-state index contributed by atoms with van der Waals surface area (Å²) in [6, 6.07) is 13.6. The van der Waals surface area contributed by atoms with Crippen LogP contribution >= 0.6 is 0 Å². The second-order valence-corrected chi connectivity index (χ2v) is 5.20. The molecule has 0 heterocycles. The van der Waals surface area contributed by atoms with Gasteiger partial charge in [0, 0.05) is 25.3 Å². The number of benzene rings is 2. The molecule has 0 amide bonds. The maximum absolute atomic E-state index is 5.60. The molecule has 2 N–H and O–H groups in total. The quantitative estimate of drug-likeness (QED) is 0.597. The monoisotopic (exact) mass is 343 g/mol. The van der Waals surface area contributed by atoms with Crippen molar-refractivity contribution in [3.05, 3.63) is 48.0 Å². The highest BCUT2D eigenvalue weighted by Crippen LogP contribution is 2.30. The molecule has 0 aromatic heterocycles. The SMILES string of the molecule is CCOc1cc(NC(=NC)NCc2ccc(OC)cc2)ccc1OC. The predicted molar refractivity (Wildman–Crippen MR) is 101 cm³/mol. The lowest BCUT2D eigenvalue weighted by molar-refractivity contribution is 0.311. The highest BCUT2D eigenvalue weighted by molar-refractivity contribution is 5.93. The Morgan fingerprint density at radius 3 is 2.36 bits per heavy atom. The lowest BCUT2D eigenvalue weighted by atomic mass is 10.2. The van der Waals surface area contributed by atoms with Gasteiger partial charge >= 0.3 is 0 Å². The van der Waals surface area contributed by atoms with Gasteiger partial charge in [0.05, 0.1) is 20.8 Å². The van der Waals surface area contributed by atoms with Gasteiger partial charge in [-0.05, 0) is 36.8 Å². The number of guanidine groups is 1. The number of aliphatic imine (C=N–C) groups is 1. The summed E-state index contributed by atoms with van der Waals surface area (Å²) in [5.74, 6) is 2.91. The highest BCUT2D eigenvalue weighted by Gasteiger charge is 2.07. The van der Waals surface area contributed by atoms with E-state index in [0.29, 0.717) is 30.6 Å². The Labute approximate surface area is 148 Å². The molecule has 0 aliphatic heterocycles. The zero-order valence-electron chi connectivity index (χ0n) is 15.1. The van der Waals surface area contributed by atoms with Crippen LogP contribution in [0.5, 0.6) is 17.2 Å². The van der Waals surface area contributed by atoms with E-state index < -0.39 is 0 Å². The van der Waals surface area contributed by atoms with Crippen LogP contribution in [0.4, 0.5) is 5.69 Å². The number of methoxy groups -OCH3 is 2. The molecule has 2 aromatic rings. The van der Waals surface area contributed by atoms with Crippen LogP contribution in [0, 0.1) is 0 Å². The molecule has 25 heavy (non-hydrogen) atoms. The molecule has 0 saturated carbocycles. The summed E-state index contributed by atoms with van der Waals surface area (Å²) in [5, 5.41) is 6.53. The van der Waals surface area contributed by atoms with E-state index in [9.17, 15) is 0 Å². The van der Waals surface area contributed by atoms with Crippen LogP contribution in [0.2, 0.25) is 0 Å². The van der Waals surface area contributed by atoms with Crippen molar-refractivity contribution in [2.75, 3.05) is 33.2 Å². The van der Waals surface area contributed by atoms with Crippen LogP contribution in [0.25, 0.3) is 0 Å². The molecule has 6 nitrogen and oxygen atoms in total. The Kier molecular flexibility index (Phi) is 6.95. The van der Waals surface area contributed by atoms with Crippen molar-refractivity contribution >= 4 is 11.6 Å². The molecule has 0 radical (unpaired) electrons. The lowest BCUT2D eigenvalue weighted by Crippen LogP contribution is -2.30. The molecule has 0 bridgehead atoms. The first-order valence-electron chi connectivity index (χ1n) is 8.11. The maximum atomic E-state index is 5.60. The third kappa shape index (κ3) is 5.31. The van der Waals surface area contributed by atoms with Gasteiger partial charge < -0.3 is 24.8 Å². The largest absolute Gasteiger partial charge is 0.497 e. The van der Waals surface area contributed by atoms with Gasteiger partial charge in [-0.3, -0.25) is 4.99 Å². The second kappa shape index (κ2) is 9.42. The fourth-order valence-corrected chi connectivity index (χ4v) is 2.27. The molecule has 0 saturated heterocycles. The van der Waals surface area contributed by atoms with E-state index >= 15 is 0 Å². The van der Waals surface area contributed by atoms with E-state index in [4.69, 9.17) is 14.2 Å². The molecule has 0 unspecified atom stereocenters. The van der Waals surface area contributed by atoms with Crippen LogP contribution in [0.3, 0.4) is 0 Å². The normalized spacial score (nSPS) is 11.0. The number of ether oxygens (including phenoxy) is 3. The molecule has 0 fully saturated rings. The Bertz CT molecular complexity index is 700. The summed E-state index contributed by atoms with van der Waals surface area (Å²) in [6.07, 6.45) is 0. The highest BCUT2D eigenvalue weighted by atomic mass is 16.5. The molecule has 2 rings (SSSR count). The number of anilines is 1. The molecule has 0 aliphatic carbocycles. The lowest BCUT2D eigenvalue weighted by Gasteiger charge is -2.15. The van der Waals surface area contributed by atoms with Crippen molar-refractivity contribution in [3.63, 3.8) is 0 Å². The smallest absolute Gasteiger partial charge is 0.195 e. The molecule has 2 aromatic carbocycles. The Balaban J connectivity index is 2.00. The predicted octanol–water partition coefficient (Wildman–Crippen LogP) is 3.29.